The van der Waals surface area contributed by atoms with Crippen molar-refractivity contribution >= 4 is 0 Å². The SMILES string of the molecule is CC1N[C]=C(C(C)(C)C)C=C1Oc1ccnc(-c2ccc(C3CCN(C)CC3)cc2)c1. The molecule has 163 valence electrons. The van der Waals surface area contributed by atoms with Gasteiger partial charge in [0, 0.05) is 17.8 Å². The molecule has 0 spiro atoms. The molecule has 3 heterocycles. The lowest BCUT2D eigenvalue weighted by Crippen LogP contribution is -2.31. The van der Waals surface area contributed by atoms with Gasteiger partial charge in [-0.25, -0.2) is 0 Å². The lowest BCUT2D eigenvalue weighted by molar-refractivity contribution is 0.255. The predicted octanol–water partition coefficient (Wildman–Crippen LogP) is 5.55. The van der Waals surface area contributed by atoms with Gasteiger partial charge in [-0.15, -0.1) is 0 Å². The summed E-state index contributed by atoms with van der Waals surface area (Å²) in [7, 11) is 2.21. The number of rotatable bonds is 4. The Morgan fingerprint density at radius 1 is 1.10 bits per heavy atom. The Labute approximate surface area is 187 Å². The summed E-state index contributed by atoms with van der Waals surface area (Å²) in [5, 5.41) is 3.30. The number of likely N-dealkylation sites (tertiary alicyclic amines) is 1. The molecule has 1 unspecified atom stereocenters. The van der Waals surface area contributed by atoms with Crippen LogP contribution in [0, 0.1) is 11.6 Å². The normalized spacial score (nSPS) is 20.6. The summed E-state index contributed by atoms with van der Waals surface area (Å²) in [5.41, 5.74) is 4.62. The number of benzene rings is 1. The van der Waals surface area contributed by atoms with Crippen LogP contribution in [0.25, 0.3) is 11.3 Å². The fourth-order valence-electron chi connectivity index (χ4n) is 4.12. The largest absolute Gasteiger partial charge is 0.459 e. The third kappa shape index (κ3) is 5.19. The van der Waals surface area contributed by atoms with Gasteiger partial charge in [0.25, 0.3) is 0 Å². The maximum Gasteiger partial charge on any atom is 0.130 e. The second kappa shape index (κ2) is 8.88. The molecule has 2 aliphatic rings. The first kappa shape index (κ1) is 21.6. The lowest BCUT2D eigenvalue weighted by atomic mass is 9.85. The average Bonchev–Trinajstić information content (AvgIpc) is 2.75. The standard InChI is InChI=1S/C27H34N3O/c1-19-26(16-23(18-29-19)27(2,3)4)31-24-10-13-28-25(17-24)22-8-6-20(7-9-22)21-11-14-30(5)15-12-21/h6-10,13,16-17,19,21,29H,11-12,14-15H2,1-5H3. The molecule has 1 saturated heterocycles. The van der Waals surface area contributed by atoms with E-state index in [0.29, 0.717) is 5.92 Å². The molecule has 1 radical (unpaired) electrons. The zero-order chi connectivity index (χ0) is 22.0. The van der Waals surface area contributed by atoms with Crippen molar-refractivity contribution in [2.24, 2.45) is 5.41 Å². The highest BCUT2D eigenvalue weighted by Gasteiger charge is 2.23. The van der Waals surface area contributed by atoms with Gasteiger partial charge >= 0.3 is 0 Å². The van der Waals surface area contributed by atoms with Crippen LogP contribution < -0.4 is 10.1 Å². The molecule has 31 heavy (non-hydrogen) atoms. The van der Waals surface area contributed by atoms with Crippen LogP contribution >= 0.6 is 0 Å². The van der Waals surface area contributed by atoms with E-state index in [2.05, 4.69) is 86.5 Å². The molecule has 0 bridgehead atoms. The molecule has 1 N–H and O–H groups in total. The molecule has 0 saturated carbocycles. The number of piperidine rings is 1. The number of nitrogens with one attached hydrogen (secondary N) is 1. The van der Waals surface area contributed by atoms with Crippen molar-refractivity contribution in [3.05, 3.63) is 71.8 Å². The second-order valence-corrected chi connectivity index (χ2v) is 9.88. The van der Waals surface area contributed by atoms with Crippen molar-refractivity contribution in [3.8, 4) is 17.0 Å². The van der Waals surface area contributed by atoms with E-state index >= 15 is 0 Å². The highest BCUT2D eigenvalue weighted by Crippen LogP contribution is 2.32. The van der Waals surface area contributed by atoms with E-state index in [1.54, 1.807) is 0 Å². The Bertz CT molecular complexity index is 961. The zero-order valence-corrected chi connectivity index (χ0v) is 19.4. The summed E-state index contributed by atoms with van der Waals surface area (Å²) in [6.45, 7) is 11.0. The Hall–Kier alpha value is -2.59. The molecule has 4 heteroatoms. The van der Waals surface area contributed by atoms with Crippen molar-refractivity contribution in [2.75, 3.05) is 20.1 Å². The monoisotopic (exact) mass is 416 g/mol. The molecule has 2 aromatic rings. The lowest BCUT2D eigenvalue weighted by Gasteiger charge is -2.29. The van der Waals surface area contributed by atoms with E-state index in [9.17, 15) is 0 Å². The van der Waals surface area contributed by atoms with Crippen LogP contribution in [-0.2, 0) is 0 Å². The summed E-state index contributed by atoms with van der Waals surface area (Å²) < 4.78 is 6.28. The van der Waals surface area contributed by atoms with E-state index < -0.39 is 0 Å². The van der Waals surface area contributed by atoms with E-state index in [1.807, 2.05) is 18.3 Å². The average molecular weight is 417 g/mol. The first-order valence-electron chi connectivity index (χ1n) is 11.3. The molecule has 4 nitrogen and oxygen atoms in total. The highest BCUT2D eigenvalue weighted by molar-refractivity contribution is 5.61. The van der Waals surface area contributed by atoms with Gasteiger partial charge < -0.3 is 15.0 Å². The molecule has 1 aromatic heterocycles. The number of hydrogen-bond acceptors (Lipinski definition) is 4. The number of hydrogen-bond donors (Lipinski definition) is 1. The molecular weight excluding hydrogens is 382 g/mol. The van der Waals surface area contributed by atoms with Gasteiger partial charge in [-0.05, 0) is 74.5 Å². The number of allylic oxidation sites excluding steroid dienone is 2. The van der Waals surface area contributed by atoms with Crippen LogP contribution in [-0.4, -0.2) is 36.1 Å². The molecule has 4 rings (SSSR count). The number of ether oxygens (including phenoxy) is 1. The minimum Gasteiger partial charge on any atom is -0.459 e. The Balaban J connectivity index is 1.50. The van der Waals surface area contributed by atoms with Crippen molar-refractivity contribution in [1.82, 2.24) is 15.2 Å². The van der Waals surface area contributed by atoms with Crippen LogP contribution in [0.5, 0.6) is 5.75 Å². The highest BCUT2D eigenvalue weighted by atomic mass is 16.5. The van der Waals surface area contributed by atoms with Gasteiger partial charge in [-0.3, -0.25) is 4.98 Å². The molecule has 0 amide bonds. The van der Waals surface area contributed by atoms with E-state index in [0.717, 1.165) is 28.3 Å². The van der Waals surface area contributed by atoms with Gasteiger partial charge in [0.1, 0.15) is 11.5 Å². The van der Waals surface area contributed by atoms with Crippen molar-refractivity contribution in [2.45, 2.75) is 52.5 Å². The smallest absolute Gasteiger partial charge is 0.130 e. The van der Waals surface area contributed by atoms with E-state index in [4.69, 9.17) is 4.74 Å². The van der Waals surface area contributed by atoms with E-state index in [-0.39, 0.29) is 11.5 Å². The molecule has 0 aliphatic carbocycles. The number of nitrogens with zero attached hydrogens (tertiary/aromatic N) is 2. The zero-order valence-electron chi connectivity index (χ0n) is 19.4. The molecule has 1 atom stereocenters. The minimum absolute atomic E-state index is 0.0145. The molecule has 1 aromatic carbocycles. The number of dihydropyridines is 1. The second-order valence-electron chi connectivity index (χ2n) is 9.88. The molecule has 1 fully saturated rings. The summed E-state index contributed by atoms with van der Waals surface area (Å²) >= 11 is 0. The van der Waals surface area contributed by atoms with Gasteiger partial charge in [0.15, 0.2) is 0 Å². The van der Waals surface area contributed by atoms with Crippen LogP contribution in [0.4, 0.5) is 0 Å². The maximum atomic E-state index is 6.28. The van der Waals surface area contributed by atoms with Crippen molar-refractivity contribution in [1.29, 1.82) is 0 Å². The van der Waals surface area contributed by atoms with Crippen LogP contribution in [0.15, 0.2) is 60.0 Å². The van der Waals surface area contributed by atoms with Crippen LogP contribution in [0.2, 0.25) is 0 Å². The topological polar surface area (TPSA) is 37.4 Å². The van der Waals surface area contributed by atoms with Crippen LogP contribution in [0.3, 0.4) is 0 Å². The summed E-state index contributed by atoms with van der Waals surface area (Å²) in [6, 6.07) is 13.0. The van der Waals surface area contributed by atoms with Gasteiger partial charge in [-0.1, -0.05) is 45.0 Å². The first-order chi connectivity index (χ1) is 14.8. The van der Waals surface area contributed by atoms with Crippen LogP contribution in [0.1, 0.15) is 52.0 Å². The summed E-state index contributed by atoms with van der Waals surface area (Å²) in [4.78, 5) is 7.00. The number of pyridine rings is 1. The van der Waals surface area contributed by atoms with Gasteiger partial charge in [0.2, 0.25) is 0 Å². The third-order valence-corrected chi connectivity index (χ3v) is 6.31. The Kier molecular flexibility index (Phi) is 6.19. The van der Waals surface area contributed by atoms with E-state index in [1.165, 1.54) is 31.5 Å². The fraction of sp³-hybridized carbons (Fsp3) is 0.444. The Morgan fingerprint density at radius 3 is 2.48 bits per heavy atom. The third-order valence-electron chi connectivity index (χ3n) is 6.31. The maximum absolute atomic E-state index is 6.28. The fourth-order valence-corrected chi connectivity index (χ4v) is 4.12. The van der Waals surface area contributed by atoms with Gasteiger partial charge in [0.05, 0.1) is 17.9 Å². The summed E-state index contributed by atoms with van der Waals surface area (Å²) in [6.07, 6.45) is 9.70. The predicted molar refractivity (Wildman–Crippen MR) is 127 cm³/mol. The van der Waals surface area contributed by atoms with Gasteiger partial charge in [-0.2, -0.15) is 0 Å². The minimum atomic E-state index is 0.0145. The first-order valence-corrected chi connectivity index (χ1v) is 11.3. The summed E-state index contributed by atoms with van der Waals surface area (Å²) in [5.74, 6) is 2.37. The van der Waals surface area contributed by atoms with Crippen molar-refractivity contribution < 1.29 is 4.74 Å². The number of aromatic nitrogens is 1. The quantitative estimate of drug-likeness (QED) is 0.709. The molecule has 2 aliphatic heterocycles. The van der Waals surface area contributed by atoms with Crippen molar-refractivity contribution in [3.63, 3.8) is 0 Å². The molecular formula is C27H34N3O. The Morgan fingerprint density at radius 2 is 1.81 bits per heavy atom.